The van der Waals surface area contributed by atoms with E-state index >= 15 is 0 Å². The number of benzene rings is 1. The molecule has 0 aliphatic heterocycles. The summed E-state index contributed by atoms with van der Waals surface area (Å²) in [6.07, 6.45) is 1.60. The molecule has 0 spiro atoms. The molecule has 5 heteroatoms. The third kappa shape index (κ3) is 3.63. The minimum atomic E-state index is -0.139. The first-order chi connectivity index (χ1) is 10.4. The fourth-order valence-electron chi connectivity index (χ4n) is 2.17. The largest absolute Gasteiger partial charge is 0.484 e. The van der Waals surface area contributed by atoms with Gasteiger partial charge in [-0.1, -0.05) is 11.6 Å². The standard InChI is InChI=1S/C17H20ClNO3/c1-11-8-14(9-12(2)17(11)18)22-10-16(20)19(4)13(3)15-6-5-7-21-15/h5-9,13H,10H2,1-4H3. The van der Waals surface area contributed by atoms with Crippen molar-refractivity contribution >= 4 is 17.5 Å². The first-order valence-corrected chi connectivity index (χ1v) is 7.46. The van der Waals surface area contributed by atoms with Crippen molar-refractivity contribution in [3.63, 3.8) is 0 Å². The number of likely N-dealkylation sites (N-methyl/N-ethyl adjacent to an activating group) is 1. The molecule has 118 valence electrons. The van der Waals surface area contributed by atoms with Crippen molar-refractivity contribution in [1.82, 2.24) is 4.90 Å². The quantitative estimate of drug-likeness (QED) is 0.831. The predicted molar refractivity (Wildman–Crippen MR) is 86.3 cm³/mol. The second kappa shape index (κ2) is 6.88. The second-order valence-electron chi connectivity index (χ2n) is 5.36. The average Bonchev–Trinajstić information content (AvgIpc) is 3.02. The maximum absolute atomic E-state index is 12.2. The van der Waals surface area contributed by atoms with Crippen LogP contribution in [0.1, 0.15) is 29.9 Å². The molecule has 1 atom stereocenters. The van der Waals surface area contributed by atoms with E-state index in [9.17, 15) is 4.79 Å². The van der Waals surface area contributed by atoms with Crippen molar-refractivity contribution in [3.05, 3.63) is 52.4 Å². The van der Waals surface area contributed by atoms with Gasteiger partial charge in [-0.05, 0) is 56.2 Å². The highest BCUT2D eigenvalue weighted by atomic mass is 35.5. The van der Waals surface area contributed by atoms with Crippen molar-refractivity contribution in [2.24, 2.45) is 0 Å². The maximum Gasteiger partial charge on any atom is 0.260 e. The molecule has 2 aromatic rings. The summed E-state index contributed by atoms with van der Waals surface area (Å²) in [6, 6.07) is 7.18. The third-order valence-corrected chi connectivity index (χ3v) is 4.30. The molecule has 0 radical (unpaired) electrons. The van der Waals surface area contributed by atoms with Gasteiger partial charge in [0.25, 0.3) is 5.91 Å². The molecule has 0 aliphatic rings. The number of carbonyl (C=O) groups excluding carboxylic acids is 1. The zero-order chi connectivity index (χ0) is 16.3. The Hall–Kier alpha value is -1.94. The Bertz CT molecular complexity index is 629. The van der Waals surface area contributed by atoms with Crippen LogP contribution in [0.5, 0.6) is 5.75 Å². The van der Waals surface area contributed by atoms with E-state index in [2.05, 4.69) is 0 Å². The van der Waals surface area contributed by atoms with Crippen molar-refractivity contribution in [2.75, 3.05) is 13.7 Å². The molecule has 0 bridgehead atoms. The van der Waals surface area contributed by atoms with Gasteiger partial charge in [0.15, 0.2) is 6.61 Å². The van der Waals surface area contributed by atoms with Gasteiger partial charge in [-0.2, -0.15) is 0 Å². The number of ether oxygens (including phenoxy) is 1. The molecule has 1 aromatic carbocycles. The van der Waals surface area contributed by atoms with Crippen LogP contribution < -0.4 is 4.74 Å². The summed E-state index contributed by atoms with van der Waals surface area (Å²) >= 11 is 6.12. The van der Waals surface area contributed by atoms with E-state index in [0.717, 1.165) is 21.9 Å². The summed E-state index contributed by atoms with van der Waals surface area (Å²) in [5.74, 6) is 1.27. The fraction of sp³-hybridized carbons (Fsp3) is 0.353. The molecule has 1 aromatic heterocycles. The smallest absolute Gasteiger partial charge is 0.260 e. The average molecular weight is 322 g/mol. The lowest BCUT2D eigenvalue weighted by atomic mass is 10.1. The summed E-state index contributed by atoms with van der Waals surface area (Å²) in [4.78, 5) is 13.8. The number of rotatable bonds is 5. The van der Waals surface area contributed by atoms with Crippen molar-refractivity contribution < 1.29 is 13.9 Å². The number of hydrogen-bond donors (Lipinski definition) is 0. The van der Waals surface area contributed by atoms with E-state index in [-0.39, 0.29) is 18.6 Å². The van der Waals surface area contributed by atoms with E-state index in [0.29, 0.717) is 5.75 Å². The highest BCUT2D eigenvalue weighted by Crippen LogP contribution is 2.26. The highest BCUT2D eigenvalue weighted by molar-refractivity contribution is 6.32. The van der Waals surface area contributed by atoms with Gasteiger partial charge in [0, 0.05) is 12.1 Å². The van der Waals surface area contributed by atoms with Crippen LogP contribution in [0.25, 0.3) is 0 Å². The summed E-state index contributed by atoms with van der Waals surface area (Å²) in [5.41, 5.74) is 1.86. The van der Waals surface area contributed by atoms with E-state index < -0.39 is 0 Å². The van der Waals surface area contributed by atoms with Crippen LogP contribution in [0.4, 0.5) is 0 Å². The number of carbonyl (C=O) groups is 1. The summed E-state index contributed by atoms with van der Waals surface area (Å²) in [5, 5.41) is 0.724. The molecule has 0 saturated heterocycles. The topological polar surface area (TPSA) is 42.7 Å². The molecule has 0 aliphatic carbocycles. The Morgan fingerprint density at radius 2 is 2.00 bits per heavy atom. The van der Waals surface area contributed by atoms with Crippen LogP contribution in [0.2, 0.25) is 5.02 Å². The predicted octanol–water partition coefficient (Wildman–Crippen LogP) is 4.15. The molecular formula is C17H20ClNO3. The Morgan fingerprint density at radius 3 is 2.55 bits per heavy atom. The van der Waals surface area contributed by atoms with Crippen LogP contribution in [-0.2, 0) is 4.79 Å². The van der Waals surface area contributed by atoms with Gasteiger partial charge in [0.1, 0.15) is 11.5 Å². The SMILES string of the molecule is Cc1cc(OCC(=O)N(C)C(C)c2ccco2)cc(C)c1Cl. The van der Waals surface area contributed by atoms with Gasteiger partial charge in [0.05, 0.1) is 12.3 Å². The molecule has 22 heavy (non-hydrogen) atoms. The summed E-state index contributed by atoms with van der Waals surface area (Å²) in [7, 11) is 1.73. The molecule has 0 fully saturated rings. The minimum absolute atomic E-state index is 0.0257. The fourth-order valence-corrected chi connectivity index (χ4v) is 2.28. The number of furan rings is 1. The van der Waals surface area contributed by atoms with Crippen molar-refractivity contribution in [1.29, 1.82) is 0 Å². The van der Waals surface area contributed by atoms with Crippen LogP contribution in [0.3, 0.4) is 0 Å². The van der Waals surface area contributed by atoms with Crippen molar-refractivity contribution in [3.8, 4) is 5.75 Å². The Balaban J connectivity index is 1.98. The Kier molecular flexibility index (Phi) is 5.14. The number of amides is 1. The third-order valence-electron chi connectivity index (χ3n) is 3.70. The molecule has 2 rings (SSSR count). The van der Waals surface area contributed by atoms with Gasteiger partial charge in [-0.15, -0.1) is 0 Å². The normalized spacial score (nSPS) is 12.0. The maximum atomic E-state index is 12.2. The van der Waals surface area contributed by atoms with Gasteiger partial charge in [0.2, 0.25) is 0 Å². The first-order valence-electron chi connectivity index (χ1n) is 7.08. The highest BCUT2D eigenvalue weighted by Gasteiger charge is 2.19. The molecule has 0 saturated carbocycles. The molecule has 1 unspecified atom stereocenters. The second-order valence-corrected chi connectivity index (χ2v) is 5.73. The zero-order valence-electron chi connectivity index (χ0n) is 13.2. The first kappa shape index (κ1) is 16.4. The number of halogens is 1. The lowest BCUT2D eigenvalue weighted by Crippen LogP contribution is -2.33. The lowest BCUT2D eigenvalue weighted by molar-refractivity contribution is -0.134. The Morgan fingerprint density at radius 1 is 1.36 bits per heavy atom. The van der Waals surface area contributed by atoms with E-state index in [4.69, 9.17) is 20.8 Å². The van der Waals surface area contributed by atoms with Crippen molar-refractivity contribution in [2.45, 2.75) is 26.8 Å². The summed E-state index contributed by atoms with van der Waals surface area (Å²) in [6.45, 7) is 5.71. The minimum Gasteiger partial charge on any atom is -0.484 e. The van der Waals surface area contributed by atoms with Gasteiger partial charge in [-0.3, -0.25) is 4.79 Å². The van der Waals surface area contributed by atoms with E-state index in [1.807, 2.05) is 39.0 Å². The monoisotopic (exact) mass is 321 g/mol. The molecule has 1 amide bonds. The molecular weight excluding hydrogens is 302 g/mol. The number of nitrogens with zero attached hydrogens (tertiary/aromatic N) is 1. The van der Waals surface area contributed by atoms with Gasteiger partial charge >= 0.3 is 0 Å². The van der Waals surface area contributed by atoms with E-state index in [1.165, 1.54) is 0 Å². The molecule has 0 N–H and O–H groups in total. The van der Waals surface area contributed by atoms with Gasteiger partial charge in [-0.25, -0.2) is 0 Å². The van der Waals surface area contributed by atoms with Crippen LogP contribution in [-0.4, -0.2) is 24.5 Å². The van der Waals surface area contributed by atoms with E-state index in [1.54, 1.807) is 24.3 Å². The number of aryl methyl sites for hydroxylation is 2. The van der Waals surface area contributed by atoms with Crippen LogP contribution in [0, 0.1) is 13.8 Å². The van der Waals surface area contributed by atoms with Crippen LogP contribution in [0.15, 0.2) is 34.9 Å². The molecule has 4 nitrogen and oxygen atoms in total. The summed E-state index contributed by atoms with van der Waals surface area (Å²) < 4.78 is 10.9. The lowest BCUT2D eigenvalue weighted by Gasteiger charge is -2.23. The van der Waals surface area contributed by atoms with Crippen LogP contribution >= 0.6 is 11.6 Å². The molecule has 1 heterocycles. The van der Waals surface area contributed by atoms with Gasteiger partial charge < -0.3 is 14.1 Å². The zero-order valence-corrected chi connectivity index (χ0v) is 14.0. The Labute approximate surface area is 135 Å². The number of hydrogen-bond acceptors (Lipinski definition) is 3.